The van der Waals surface area contributed by atoms with Gasteiger partial charge < -0.3 is 10.5 Å². The molecule has 0 unspecified atom stereocenters. The molecule has 0 aliphatic rings. The summed E-state index contributed by atoms with van der Waals surface area (Å²) in [5.41, 5.74) is 4.88. The number of ether oxygens (including phenoxy) is 1. The molecule has 0 saturated heterocycles. The van der Waals surface area contributed by atoms with Crippen molar-refractivity contribution < 1.29 is 9.13 Å². The van der Waals surface area contributed by atoms with Crippen molar-refractivity contribution in [3.8, 4) is 11.8 Å². The molecule has 0 spiro atoms. The van der Waals surface area contributed by atoms with Crippen LogP contribution < -0.4 is 10.5 Å². The average Bonchev–Trinajstić information content (AvgIpc) is 2.17. The molecule has 4 heteroatoms. The normalized spacial score (nSPS) is 14.2. The molecule has 14 heavy (non-hydrogen) atoms. The van der Waals surface area contributed by atoms with Crippen LogP contribution in [0.5, 0.6) is 5.75 Å². The fourth-order valence-electron chi connectivity index (χ4n) is 1.05. The summed E-state index contributed by atoms with van der Waals surface area (Å²) in [5, 5.41) is 8.74. The third-order valence-electron chi connectivity index (χ3n) is 1.98. The van der Waals surface area contributed by atoms with Gasteiger partial charge in [0, 0.05) is 0 Å². The van der Waals surface area contributed by atoms with Crippen LogP contribution in [0.15, 0.2) is 18.2 Å². The molecule has 3 nitrogen and oxygen atoms in total. The van der Waals surface area contributed by atoms with Crippen molar-refractivity contribution in [2.45, 2.75) is 12.5 Å². The number of hydrogen-bond donors (Lipinski definition) is 1. The van der Waals surface area contributed by atoms with Crippen molar-refractivity contribution >= 4 is 0 Å². The molecule has 0 fully saturated rings. The molecule has 0 heterocycles. The van der Waals surface area contributed by atoms with Gasteiger partial charge in [-0.1, -0.05) is 6.07 Å². The lowest BCUT2D eigenvalue weighted by molar-refractivity contribution is 0.385. The van der Waals surface area contributed by atoms with Gasteiger partial charge in [-0.2, -0.15) is 5.26 Å². The molecular formula is C10H11FN2O. The zero-order valence-electron chi connectivity index (χ0n) is 8.04. The highest BCUT2D eigenvalue weighted by molar-refractivity contribution is 5.36. The van der Waals surface area contributed by atoms with Crippen LogP contribution in [0.3, 0.4) is 0 Å². The number of nitriles is 1. The Hall–Kier alpha value is -1.60. The summed E-state index contributed by atoms with van der Waals surface area (Å²) in [4.78, 5) is 0. The van der Waals surface area contributed by atoms with Crippen molar-refractivity contribution in [1.29, 1.82) is 5.26 Å². The molecule has 0 radical (unpaired) electrons. The zero-order valence-corrected chi connectivity index (χ0v) is 8.04. The van der Waals surface area contributed by atoms with E-state index in [-0.39, 0.29) is 5.75 Å². The molecule has 1 atom stereocenters. The Balaban J connectivity index is 3.17. The van der Waals surface area contributed by atoms with Crippen LogP contribution in [-0.2, 0) is 5.54 Å². The molecule has 74 valence electrons. The van der Waals surface area contributed by atoms with Crippen LogP contribution >= 0.6 is 0 Å². The predicted octanol–water partition coefficient (Wildman–Crippen LogP) is 1.53. The van der Waals surface area contributed by atoms with E-state index in [0.29, 0.717) is 5.56 Å². The molecular weight excluding hydrogens is 183 g/mol. The molecule has 0 amide bonds. The molecule has 0 bridgehead atoms. The van der Waals surface area contributed by atoms with Crippen molar-refractivity contribution in [1.82, 2.24) is 0 Å². The summed E-state index contributed by atoms with van der Waals surface area (Å²) in [6.07, 6.45) is 0. The largest absolute Gasteiger partial charge is 0.494 e. The van der Waals surface area contributed by atoms with Crippen molar-refractivity contribution in [2.24, 2.45) is 5.73 Å². The van der Waals surface area contributed by atoms with Gasteiger partial charge in [-0.3, -0.25) is 0 Å². The van der Waals surface area contributed by atoms with Gasteiger partial charge in [0.1, 0.15) is 5.54 Å². The summed E-state index contributed by atoms with van der Waals surface area (Å²) in [7, 11) is 1.38. The highest BCUT2D eigenvalue weighted by Crippen LogP contribution is 2.23. The highest BCUT2D eigenvalue weighted by atomic mass is 19.1. The van der Waals surface area contributed by atoms with Crippen LogP contribution in [-0.4, -0.2) is 7.11 Å². The third kappa shape index (κ3) is 1.83. The van der Waals surface area contributed by atoms with E-state index in [1.165, 1.54) is 26.2 Å². The van der Waals surface area contributed by atoms with Gasteiger partial charge in [0.2, 0.25) is 0 Å². The Labute approximate surface area is 81.9 Å². The van der Waals surface area contributed by atoms with Gasteiger partial charge in [-0.05, 0) is 24.6 Å². The van der Waals surface area contributed by atoms with E-state index >= 15 is 0 Å². The van der Waals surface area contributed by atoms with E-state index in [2.05, 4.69) is 0 Å². The predicted molar refractivity (Wildman–Crippen MR) is 50.1 cm³/mol. The number of halogens is 1. The lowest BCUT2D eigenvalue weighted by Gasteiger charge is -2.16. The number of rotatable bonds is 2. The highest BCUT2D eigenvalue weighted by Gasteiger charge is 2.21. The third-order valence-corrected chi connectivity index (χ3v) is 1.98. The topological polar surface area (TPSA) is 59.0 Å². The minimum absolute atomic E-state index is 0.141. The van der Waals surface area contributed by atoms with Crippen LogP contribution in [0.2, 0.25) is 0 Å². The first kappa shape index (κ1) is 10.5. The summed E-state index contributed by atoms with van der Waals surface area (Å²) >= 11 is 0. The summed E-state index contributed by atoms with van der Waals surface area (Å²) in [6, 6.07) is 6.13. The Kier molecular flexibility index (Phi) is 2.73. The van der Waals surface area contributed by atoms with Gasteiger partial charge in [-0.25, -0.2) is 4.39 Å². The molecule has 0 aromatic heterocycles. The van der Waals surface area contributed by atoms with Crippen molar-refractivity contribution in [3.05, 3.63) is 29.6 Å². The van der Waals surface area contributed by atoms with Crippen LogP contribution in [0.1, 0.15) is 12.5 Å². The number of benzene rings is 1. The molecule has 0 aliphatic heterocycles. The van der Waals surface area contributed by atoms with Gasteiger partial charge in [0.25, 0.3) is 0 Å². The Morgan fingerprint density at radius 2 is 2.21 bits per heavy atom. The zero-order chi connectivity index (χ0) is 10.8. The molecule has 1 rings (SSSR count). The molecule has 1 aromatic rings. The van der Waals surface area contributed by atoms with E-state index in [9.17, 15) is 4.39 Å². The smallest absolute Gasteiger partial charge is 0.165 e. The maximum absolute atomic E-state index is 13.2. The monoisotopic (exact) mass is 194 g/mol. The molecule has 2 N–H and O–H groups in total. The van der Waals surface area contributed by atoms with Gasteiger partial charge in [-0.15, -0.1) is 0 Å². The van der Waals surface area contributed by atoms with Crippen LogP contribution in [0, 0.1) is 17.1 Å². The summed E-state index contributed by atoms with van der Waals surface area (Å²) in [5.74, 6) is -0.376. The van der Waals surface area contributed by atoms with Crippen molar-refractivity contribution in [2.75, 3.05) is 7.11 Å². The maximum atomic E-state index is 13.2. The average molecular weight is 194 g/mol. The SMILES string of the molecule is COc1ccc([C@@](C)(N)C#N)cc1F. The number of methoxy groups -OCH3 is 1. The molecule has 1 aromatic carbocycles. The quantitative estimate of drug-likeness (QED) is 0.776. The van der Waals surface area contributed by atoms with Crippen molar-refractivity contribution in [3.63, 3.8) is 0 Å². The van der Waals surface area contributed by atoms with E-state index < -0.39 is 11.4 Å². The Bertz CT molecular complexity index is 382. The first-order valence-electron chi connectivity index (χ1n) is 4.05. The second-order valence-corrected chi connectivity index (χ2v) is 3.16. The lowest BCUT2D eigenvalue weighted by Crippen LogP contribution is -2.30. The van der Waals surface area contributed by atoms with Crippen LogP contribution in [0.25, 0.3) is 0 Å². The minimum atomic E-state index is -1.17. The standard InChI is InChI=1S/C10H11FN2O/c1-10(13,6-12)7-3-4-9(14-2)8(11)5-7/h3-5H,13H2,1-2H3/t10-/m0/s1. The Morgan fingerprint density at radius 3 is 2.64 bits per heavy atom. The summed E-state index contributed by atoms with van der Waals surface area (Å²) < 4.78 is 18.0. The number of hydrogen-bond acceptors (Lipinski definition) is 3. The minimum Gasteiger partial charge on any atom is -0.494 e. The molecule has 0 aliphatic carbocycles. The van der Waals surface area contributed by atoms with E-state index in [0.717, 1.165) is 0 Å². The fraction of sp³-hybridized carbons (Fsp3) is 0.300. The second-order valence-electron chi connectivity index (χ2n) is 3.16. The first-order chi connectivity index (χ1) is 6.51. The van der Waals surface area contributed by atoms with E-state index in [4.69, 9.17) is 15.7 Å². The van der Waals surface area contributed by atoms with Gasteiger partial charge in [0.15, 0.2) is 11.6 Å². The Morgan fingerprint density at radius 1 is 1.57 bits per heavy atom. The second kappa shape index (κ2) is 3.64. The van der Waals surface area contributed by atoms with E-state index in [1.54, 1.807) is 6.07 Å². The lowest BCUT2D eigenvalue weighted by atomic mass is 9.95. The molecule has 0 saturated carbocycles. The summed E-state index contributed by atoms with van der Waals surface area (Å²) in [6.45, 7) is 1.52. The van der Waals surface area contributed by atoms with Gasteiger partial charge >= 0.3 is 0 Å². The number of nitrogens with two attached hydrogens (primary N) is 1. The number of nitrogens with zero attached hydrogens (tertiary/aromatic N) is 1. The van der Waals surface area contributed by atoms with Gasteiger partial charge in [0.05, 0.1) is 13.2 Å². The first-order valence-corrected chi connectivity index (χ1v) is 4.05. The fourth-order valence-corrected chi connectivity index (χ4v) is 1.05. The van der Waals surface area contributed by atoms with E-state index in [1.807, 2.05) is 6.07 Å². The van der Waals surface area contributed by atoms with Crippen LogP contribution in [0.4, 0.5) is 4.39 Å². The maximum Gasteiger partial charge on any atom is 0.165 e.